The quantitative estimate of drug-likeness (QED) is 0.514. The lowest BCUT2D eigenvalue weighted by Crippen LogP contribution is -1.97. The van der Waals surface area contributed by atoms with Gasteiger partial charge < -0.3 is 4.74 Å². The zero-order valence-corrected chi connectivity index (χ0v) is 8.00. The number of rotatable bonds is 5. The smallest absolute Gasteiger partial charge is 0.126 e. The highest BCUT2D eigenvalue weighted by Crippen LogP contribution is 2.12. The molecular weight excluding hydrogens is 179 g/mol. The molecular formula is C12H13FO. The second-order valence-corrected chi connectivity index (χ2v) is 2.97. The standard InChI is InChI=1S/C12H13FO/c1-2-3-4-5-9-14-12-8-6-7-11(13)10-12/h1,6-8,10H,3-5,9H2. The molecule has 14 heavy (non-hydrogen) atoms. The summed E-state index contributed by atoms with van der Waals surface area (Å²) in [5.74, 6) is 2.86. The molecule has 0 radical (unpaired) electrons. The summed E-state index contributed by atoms with van der Waals surface area (Å²) >= 11 is 0. The summed E-state index contributed by atoms with van der Waals surface area (Å²) in [6, 6.07) is 6.14. The molecule has 0 bridgehead atoms. The molecule has 74 valence electrons. The highest BCUT2D eigenvalue weighted by Gasteiger charge is 1.95. The van der Waals surface area contributed by atoms with Gasteiger partial charge in [-0.2, -0.15) is 0 Å². The molecule has 0 unspecified atom stereocenters. The van der Waals surface area contributed by atoms with Crippen LogP contribution < -0.4 is 4.74 Å². The van der Waals surface area contributed by atoms with Crippen molar-refractivity contribution in [1.29, 1.82) is 0 Å². The molecule has 0 N–H and O–H groups in total. The van der Waals surface area contributed by atoms with E-state index in [9.17, 15) is 4.39 Å². The van der Waals surface area contributed by atoms with Gasteiger partial charge in [-0.15, -0.1) is 12.3 Å². The van der Waals surface area contributed by atoms with Gasteiger partial charge in [0.25, 0.3) is 0 Å². The van der Waals surface area contributed by atoms with Crippen molar-refractivity contribution in [3.05, 3.63) is 30.1 Å². The fourth-order valence-electron chi connectivity index (χ4n) is 1.08. The zero-order chi connectivity index (χ0) is 10.2. The van der Waals surface area contributed by atoms with Crippen molar-refractivity contribution in [3.63, 3.8) is 0 Å². The molecule has 0 amide bonds. The van der Waals surface area contributed by atoms with Gasteiger partial charge in [-0.3, -0.25) is 0 Å². The van der Waals surface area contributed by atoms with Crippen LogP contribution in [0.3, 0.4) is 0 Å². The zero-order valence-electron chi connectivity index (χ0n) is 8.00. The van der Waals surface area contributed by atoms with Crippen LogP contribution in [0.25, 0.3) is 0 Å². The largest absolute Gasteiger partial charge is 0.493 e. The van der Waals surface area contributed by atoms with E-state index in [-0.39, 0.29) is 5.82 Å². The molecule has 0 spiro atoms. The molecule has 1 nitrogen and oxygen atoms in total. The maximum absolute atomic E-state index is 12.7. The number of unbranched alkanes of at least 4 members (excludes halogenated alkanes) is 2. The maximum Gasteiger partial charge on any atom is 0.126 e. The molecule has 0 saturated heterocycles. The minimum absolute atomic E-state index is 0.272. The molecule has 0 atom stereocenters. The van der Waals surface area contributed by atoms with E-state index in [2.05, 4.69) is 5.92 Å². The van der Waals surface area contributed by atoms with E-state index in [0.717, 1.165) is 19.3 Å². The van der Waals surface area contributed by atoms with E-state index in [0.29, 0.717) is 12.4 Å². The Kier molecular flexibility index (Phi) is 4.57. The minimum Gasteiger partial charge on any atom is -0.493 e. The SMILES string of the molecule is C#CCCCCOc1cccc(F)c1. The first-order valence-electron chi connectivity index (χ1n) is 4.65. The molecule has 0 saturated carbocycles. The summed E-state index contributed by atoms with van der Waals surface area (Å²) in [6.07, 6.45) is 7.73. The van der Waals surface area contributed by atoms with Gasteiger partial charge in [-0.1, -0.05) is 6.07 Å². The second-order valence-electron chi connectivity index (χ2n) is 2.97. The summed E-state index contributed by atoms with van der Waals surface area (Å²) < 4.78 is 18.0. The molecule has 1 aromatic carbocycles. The predicted molar refractivity (Wildman–Crippen MR) is 54.6 cm³/mol. The minimum atomic E-state index is -0.272. The van der Waals surface area contributed by atoms with Crippen LogP contribution in [-0.4, -0.2) is 6.61 Å². The van der Waals surface area contributed by atoms with Crippen LogP contribution in [0.5, 0.6) is 5.75 Å². The van der Waals surface area contributed by atoms with E-state index >= 15 is 0 Å². The van der Waals surface area contributed by atoms with Gasteiger partial charge in [-0.25, -0.2) is 4.39 Å². The number of terminal acetylenes is 1. The third-order valence-electron chi connectivity index (χ3n) is 1.78. The fourth-order valence-corrected chi connectivity index (χ4v) is 1.08. The van der Waals surface area contributed by atoms with Crippen molar-refractivity contribution in [1.82, 2.24) is 0 Å². The van der Waals surface area contributed by atoms with Crippen molar-refractivity contribution in [2.24, 2.45) is 0 Å². The van der Waals surface area contributed by atoms with Gasteiger partial charge >= 0.3 is 0 Å². The third kappa shape index (κ3) is 3.95. The van der Waals surface area contributed by atoms with E-state index in [4.69, 9.17) is 11.2 Å². The highest BCUT2D eigenvalue weighted by atomic mass is 19.1. The van der Waals surface area contributed by atoms with E-state index < -0.39 is 0 Å². The van der Waals surface area contributed by atoms with Gasteiger partial charge in [-0.05, 0) is 25.0 Å². The summed E-state index contributed by atoms with van der Waals surface area (Å²) in [6.45, 7) is 0.588. The number of hydrogen-bond acceptors (Lipinski definition) is 1. The predicted octanol–water partition coefficient (Wildman–Crippen LogP) is 3.01. The van der Waals surface area contributed by atoms with E-state index in [1.165, 1.54) is 12.1 Å². The molecule has 1 aromatic rings. The van der Waals surface area contributed by atoms with Crippen LogP contribution in [0, 0.1) is 18.2 Å². The molecule has 0 heterocycles. The van der Waals surface area contributed by atoms with Gasteiger partial charge in [0.05, 0.1) is 6.61 Å². The van der Waals surface area contributed by atoms with Crippen LogP contribution in [0.1, 0.15) is 19.3 Å². The van der Waals surface area contributed by atoms with E-state index in [1.807, 2.05) is 0 Å². The van der Waals surface area contributed by atoms with Gasteiger partial charge in [0.1, 0.15) is 11.6 Å². The molecule has 2 heteroatoms. The molecule has 0 fully saturated rings. The highest BCUT2D eigenvalue weighted by molar-refractivity contribution is 5.22. The van der Waals surface area contributed by atoms with Crippen molar-refractivity contribution in [3.8, 4) is 18.1 Å². The second kappa shape index (κ2) is 6.04. The topological polar surface area (TPSA) is 9.23 Å². The van der Waals surface area contributed by atoms with Crippen LogP contribution in [0.4, 0.5) is 4.39 Å². The first-order chi connectivity index (χ1) is 6.83. The Morgan fingerprint density at radius 2 is 2.21 bits per heavy atom. The van der Waals surface area contributed by atoms with E-state index in [1.54, 1.807) is 12.1 Å². The number of ether oxygens (including phenoxy) is 1. The Hall–Kier alpha value is -1.49. The average molecular weight is 192 g/mol. The van der Waals surface area contributed by atoms with Crippen LogP contribution in [-0.2, 0) is 0 Å². The van der Waals surface area contributed by atoms with Crippen LogP contribution >= 0.6 is 0 Å². The Balaban J connectivity index is 2.22. The van der Waals surface area contributed by atoms with Crippen molar-refractivity contribution < 1.29 is 9.13 Å². The molecule has 1 rings (SSSR count). The average Bonchev–Trinajstić information content (AvgIpc) is 2.18. The first-order valence-corrected chi connectivity index (χ1v) is 4.65. The van der Waals surface area contributed by atoms with Gasteiger partial charge in [0, 0.05) is 12.5 Å². The monoisotopic (exact) mass is 192 g/mol. The van der Waals surface area contributed by atoms with Gasteiger partial charge in [0.2, 0.25) is 0 Å². The van der Waals surface area contributed by atoms with Gasteiger partial charge in [0.15, 0.2) is 0 Å². The van der Waals surface area contributed by atoms with Crippen LogP contribution in [0.2, 0.25) is 0 Å². The summed E-state index contributed by atoms with van der Waals surface area (Å²) in [5.41, 5.74) is 0. The Morgan fingerprint density at radius 3 is 2.93 bits per heavy atom. The first kappa shape index (κ1) is 10.6. The summed E-state index contributed by atoms with van der Waals surface area (Å²) in [5, 5.41) is 0. The number of halogens is 1. The molecule has 0 aliphatic rings. The lowest BCUT2D eigenvalue weighted by Gasteiger charge is -2.04. The third-order valence-corrected chi connectivity index (χ3v) is 1.78. The number of benzene rings is 1. The molecule has 0 aliphatic heterocycles. The van der Waals surface area contributed by atoms with Crippen LogP contribution in [0.15, 0.2) is 24.3 Å². The Bertz CT molecular complexity index is 314. The Morgan fingerprint density at radius 1 is 1.36 bits per heavy atom. The molecule has 0 aromatic heterocycles. The van der Waals surface area contributed by atoms with Crippen molar-refractivity contribution in [2.75, 3.05) is 6.61 Å². The lowest BCUT2D eigenvalue weighted by molar-refractivity contribution is 0.306. The normalized spacial score (nSPS) is 9.43. The maximum atomic E-state index is 12.7. The van der Waals surface area contributed by atoms with Crippen molar-refractivity contribution >= 4 is 0 Å². The number of hydrogen-bond donors (Lipinski definition) is 0. The Labute approximate surface area is 83.9 Å². The van der Waals surface area contributed by atoms with Crippen molar-refractivity contribution in [2.45, 2.75) is 19.3 Å². The fraction of sp³-hybridized carbons (Fsp3) is 0.333. The summed E-state index contributed by atoms with van der Waals surface area (Å²) in [7, 11) is 0. The molecule has 0 aliphatic carbocycles. The lowest BCUT2D eigenvalue weighted by atomic mass is 10.2. The summed E-state index contributed by atoms with van der Waals surface area (Å²) in [4.78, 5) is 0.